The normalized spacial score (nSPS) is 10.8. The van der Waals surface area contributed by atoms with E-state index in [0.29, 0.717) is 6.54 Å². The number of rotatable bonds is 4. The second kappa shape index (κ2) is 5.34. The van der Waals surface area contributed by atoms with Crippen molar-refractivity contribution in [3.05, 3.63) is 47.0 Å². The number of hydrogen-bond acceptors (Lipinski definition) is 2. The van der Waals surface area contributed by atoms with Gasteiger partial charge in [-0.1, -0.05) is 6.92 Å². The second-order valence-electron chi connectivity index (χ2n) is 4.24. The molecule has 6 heteroatoms. The van der Waals surface area contributed by atoms with Gasteiger partial charge in [-0.3, -0.25) is 4.68 Å². The van der Waals surface area contributed by atoms with Crippen molar-refractivity contribution in [3.8, 4) is 0 Å². The lowest BCUT2D eigenvalue weighted by Crippen LogP contribution is -2.03. The molecule has 0 radical (unpaired) electrons. The quantitative estimate of drug-likeness (QED) is 0.865. The molecule has 0 aliphatic heterocycles. The summed E-state index contributed by atoms with van der Waals surface area (Å²) in [6, 6.07) is 1.86. The summed E-state index contributed by atoms with van der Waals surface area (Å²) in [6.45, 7) is 2.35. The van der Waals surface area contributed by atoms with Crippen molar-refractivity contribution in [3.63, 3.8) is 0 Å². The van der Waals surface area contributed by atoms with E-state index in [0.717, 1.165) is 29.8 Å². The van der Waals surface area contributed by atoms with Crippen LogP contribution in [0.25, 0.3) is 0 Å². The molecule has 1 aromatic heterocycles. The van der Waals surface area contributed by atoms with Crippen molar-refractivity contribution in [2.75, 3.05) is 5.32 Å². The molecule has 0 saturated heterocycles. The highest BCUT2D eigenvalue weighted by Crippen LogP contribution is 2.18. The minimum Gasteiger partial charge on any atom is -0.381 e. The molecule has 2 rings (SSSR count). The molecule has 0 bridgehead atoms. The number of aryl methyl sites for hydroxylation is 2. The third-order valence-corrected chi connectivity index (χ3v) is 2.79. The first kappa shape index (κ1) is 13.5. The minimum atomic E-state index is -1.46. The number of halogens is 3. The number of nitrogens with zero attached hydrogens (tertiary/aromatic N) is 2. The number of nitrogens with one attached hydrogen (secondary N) is 1. The fraction of sp³-hybridized carbons (Fsp3) is 0.308. The Morgan fingerprint density at radius 3 is 2.42 bits per heavy atom. The fourth-order valence-corrected chi connectivity index (χ4v) is 1.88. The van der Waals surface area contributed by atoms with Crippen molar-refractivity contribution in [2.45, 2.75) is 19.9 Å². The van der Waals surface area contributed by atoms with Gasteiger partial charge in [0.1, 0.15) is 0 Å². The molecule has 0 aliphatic rings. The van der Waals surface area contributed by atoms with Gasteiger partial charge in [-0.15, -0.1) is 0 Å². The maximum atomic E-state index is 13.0. The molecule has 1 heterocycles. The largest absolute Gasteiger partial charge is 0.381 e. The molecule has 102 valence electrons. The van der Waals surface area contributed by atoms with Crippen molar-refractivity contribution in [1.82, 2.24) is 9.78 Å². The Morgan fingerprint density at radius 2 is 1.84 bits per heavy atom. The highest BCUT2D eigenvalue weighted by atomic mass is 19.2. The van der Waals surface area contributed by atoms with E-state index in [1.54, 1.807) is 11.7 Å². The van der Waals surface area contributed by atoms with Gasteiger partial charge in [-0.25, -0.2) is 13.2 Å². The van der Waals surface area contributed by atoms with Gasteiger partial charge in [0.25, 0.3) is 0 Å². The van der Waals surface area contributed by atoms with Gasteiger partial charge in [-0.05, 0) is 6.42 Å². The first-order valence-electron chi connectivity index (χ1n) is 5.91. The lowest BCUT2D eigenvalue weighted by atomic mass is 10.2. The predicted octanol–water partition coefficient (Wildman–Crippen LogP) is 3.01. The highest BCUT2D eigenvalue weighted by Gasteiger charge is 2.11. The molecule has 19 heavy (non-hydrogen) atoms. The van der Waals surface area contributed by atoms with E-state index in [1.807, 2.05) is 13.1 Å². The van der Waals surface area contributed by atoms with E-state index in [1.165, 1.54) is 0 Å². The summed E-state index contributed by atoms with van der Waals surface area (Å²) >= 11 is 0. The van der Waals surface area contributed by atoms with Gasteiger partial charge in [0.2, 0.25) is 0 Å². The van der Waals surface area contributed by atoms with Gasteiger partial charge >= 0.3 is 0 Å². The molecule has 3 nitrogen and oxygen atoms in total. The molecule has 0 atom stereocenters. The van der Waals surface area contributed by atoms with Crippen LogP contribution in [0.5, 0.6) is 0 Å². The van der Waals surface area contributed by atoms with Crippen LogP contribution in [0.1, 0.15) is 18.2 Å². The van der Waals surface area contributed by atoms with Gasteiger partial charge < -0.3 is 5.32 Å². The monoisotopic (exact) mass is 269 g/mol. The lowest BCUT2D eigenvalue weighted by molar-refractivity contribution is 0.447. The second-order valence-corrected chi connectivity index (χ2v) is 4.24. The number of aromatic nitrogens is 2. The van der Waals surface area contributed by atoms with E-state index in [9.17, 15) is 13.2 Å². The van der Waals surface area contributed by atoms with Gasteiger partial charge in [0.15, 0.2) is 17.5 Å². The molecule has 0 saturated carbocycles. The zero-order valence-corrected chi connectivity index (χ0v) is 10.7. The Hall–Kier alpha value is -1.98. The molecular formula is C13H14F3N3. The summed E-state index contributed by atoms with van der Waals surface area (Å²) in [5.41, 5.74) is 2.05. The molecule has 0 fully saturated rings. The Kier molecular flexibility index (Phi) is 3.78. The molecule has 1 N–H and O–H groups in total. The van der Waals surface area contributed by atoms with E-state index in [2.05, 4.69) is 10.4 Å². The van der Waals surface area contributed by atoms with Crippen molar-refractivity contribution < 1.29 is 13.2 Å². The van der Waals surface area contributed by atoms with Crippen molar-refractivity contribution in [1.29, 1.82) is 0 Å². The topological polar surface area (TPSA) is 29.9 Å². The predicted molar refractivity (Wildman–Crippen MR) is 66.2 cm³/mol. The van der Waals surface area contributed by atoms with Crippen molar-refractivity contribution >= 4 is 5.69 Å². The van der Waals surface area contributed by atoms with Crippen LogP contribution < -0.4 is 5.32 Å². The van der Waals surface area contributed by atoms with Crippen LogP contribution in [0.2, 0.25) is 0 Å². The molecule has 0 unspecified atom stereocenters. The lowest BCUT2D eigenvalue weighted by Gasteiger charge is -2.07. The Bertz CT molecular complexity index is 570. The summed E-state index contributed by atoms with van der Waals surface area (Å²) in [5.74, 6) is -3.87. The number of benzene rings is 1. The summed E-state index contributed by atoms with van der Waals surface area (Å²) < 4.78 is 40.6. The highest BCUT2D eigenvalue weighted by molar-refractivity contribution is 5.44. The van der Waals surface area contributed by atoms with E-state index in [4.69, 9.17) is 0 Å². The minimum absolute atomic E-state index is 0.197. The number of hydrogen-bond donors (Lipinski definition) is 1. The zero-order valence-electron chi connectivity index (χ0n) is 10.7. The van der Waals surface area contributed by atoms with Gasteiger partial charge in [-0.2, -0.15) is 5.10 Å². The van der Waals surface area contributed by atoms with Crippen LogP contribution in [0, 0.1) is 17.5 Å². The van der Waals surface area contributed by atoms with E-state index >= 15 is 0 Å². The zero-order chi connectivity index (χ0) is 14.0. The van der Waals surface area contributed by atoms with Crippen LogP contribution in [-0.4, -0.2) is 9.78 Å². The van der Waals surface area contributed by atoms with Crippen LogP contribution in [-0.2, 0) is 20.0 Å². The summed E-state index contributed by atoms with van der Waals surface area (Å²) in [4.78, 5) is 0. The maximum absolute atomic E-state index is 13.0. The van der Waals surface area contributed by atoms with E-state index < -0.39 is 17.5 Å². The molecule has 2 aromatic rings. The van der Waals surface area contributed by atoms with Crippen LogP contribution in [0.4, 0.5) is 18.9 Å². The third kappa shape index (κ3) is 2.89. The van der Waals surface area contributed by atoms with Crippen LogP contribution in [0.3, 0.4) is 0 Å². The van der Waals surface area contributed by atoms with Crippen LogP contribution in [0.15, 0.2) is 18.3 Å². The summed E-state index contributed by atoms with van der Waals surface area (Å²) in [5, 5.41) is 7.12. The smallest absolute Gasteiger partial charge is 0.194 e. The van der Waals surface area contributed by atoms with Crippen molar-refractivity contribution in [2.24, 2.45) is 7.05 Å². The first-order valence-corrected chi connectivity index (χ1v) is 5.91. The van der Waals surface area contributed by atoms with Gasteiger partial charge in [0.05, 0.1) is 5.69 Å². The third-order valence-electron chi connectivity index (χ3n) is 2.79. The number of anilines is 1. The maximum Gasteiger partial charge on any atom is 0.194 e. The molecule has 0 spiro atoms. The average Bonchev–Trinajstić information content (AvgIpc) is 2.73. The first-order chi connectivity index (χ1) is 9.01. The fourth-order valence-electron chi connectivity index (χ4n) is 1.88. The standard InChI is InChI=1S/C13H14F3N3/c1-3-12-8(7-19(2)18-12)6-17-9-4-10(14)13(16)11(15)5-9/h4-5,7,17H,3,6H2,1-2H3. The Morgan fingerprint density at radius 1 is 1.21 bits per heavy atom. The Labute approximate surface area is 109 Å². The molecule has 1 aromatic carbocycles. The summed E-state index contributed by atoms with van der Waals surface area (Å²) in [6.07, 6.45) is 2.60. The molecule has 0 aliphatic carbocycles. The van der Waals surface area contributed by atoms with Gasteiger partial charge in [0, 0.05) is 43.2 Å². The summed E-state index contributed by atoms with van der Waals surface area (Å²) in [7, 11) is 1.81. The van der Waals surface area contributed by atoms with E-state index in [-0.39, 0.29) is 5.69 Å². The Balaban J connectivity index is 2.14. The molecular weight excluding hydrogens is 255 g/mol. The molecule has 0 amide bonds. The van der Waals surface area contributed by atoms with Crippen LogP contribution >= 0.6 is 0 Å². The average molecular weight is 269 g/mol. The SMILES string of the molecule is CCc1nn(C)cc1CNc1cc(F)c(F)c(F)c1.